The zero-order chi connectivity index (χ0) is 32.5. The summed E-state index contributed by atoms with van der Waals surface area (Å²) in [5.41, 5.74) is -0.315. The van der Waals surface area contributed by atoms with Crippen LogP contribution in [0.1, 0.15) is 22.3 Å². The monoisotopic (exact) mass is 630 g/mol. The molecule has 2 aliphatic rings. The van der Waals surface area contributed by atoms with Crippen LogP contribution in [0.3, 0.4) is 0 Å². The molecule has 44 heavy (non-hydrogen) atoms. The number of benzene rings is 2. The van der Waals surface area contributed by atoms with Crippen LogP contribution in [0.5, 0.6) is 34.5 Å². The third-order valence-corrected chi connectivity index (χ3v) is 7.35. The minimum absolute atomic E-state index is 0.0288. The van der Waals surface area contributed by atoms with Gasteiger partial charge in [-0.15, -0.1) is 0 Å². The van der Waals surface area contributed by atoms with Crippen LogP contribution in [0.4, 0.5) is 0 Å². The fraction of sp³-hybridized carbons (Fsp3) is 0.519. The lowest BCUT2D eigenvalue weighted by molar-refractivity contribution is -0.279. The number of hydrogen-bond donors (Lipinski definition) is 12. The summed E-state index contributed by atoms with van der Waals surface area (Å²) in [7, 11) is 0. The maximum Gasteiger partial charge on any atom is 0.229 e. The maximum absolute atomic E-state index is 13.3. The van der Waals surface area contributed by atoms with Crippen molar-refractivity contribution in [3.8, 4) is 34.5 Å². The lowest BCUT2D eigenvalue weighted by atomic mass is 9.98. The molecule has 0 aromatic heterocycles. The Morgan fingerprint density at radius 3 is 1.48 bits per heavy atom. The van der Waals surface area contributed by atoms with Crippen molar-refractivity contribution in [3.05, 3.63) is 35.4 Å². The van der Waals surface area contributed by atoms with E-state index in [1.54, 1.807) is 0 Å². The van der Waals surface area contributed by atoms with Gasteiger partial charge in [-0.05, 0) is 24.1 Å². The van der Waals surface area contributed by atoms with Gasteiger partial charge in [-0.2, -0.15) is 0 Å². The van der Waals surface area contributed by atoms with Crippen LogP contribution in [-0.2, 0) is 15.9 Å². The molecule has 17 heteroatoms. The third-order valence-electron chi connectivity index (χ3n) is 7.35. The van der Waals surface area contributed by atoms with Crippen LogP contribution < -0.4 is 9.47 Å². The highest BCUT2D eigenvalue weighted by molar-refractivity contribution is 6.03. The van der Waals surface area contributed by atoms with Gasteiger partial charge >= 0.3 is 0 Å². The summed E-state index contributed by atoms with van der Waals surface area (Å²) < 4.78 is 21.2. The third kappa shape index (κ3) is 6.47. The zero-order valence-corrected chi connectivity index (χ0v) is 22.8. The van der Waals surface area contributed by atoms with Crippen LogP contribution in [0.15, 0.2) is 24.3 Å². The number of aliphatic hydroxyl groups is 8. The fourth-order valence-corrected chi connectivity index (χ4v) is 4.76. The number of hydrogen-bond acceptors (Lipinski definition) is 17. The molecular formula is C27H34O17. The molecule has 10 atom stereocenters. The summed E-state index contributed by atoms with van der Waals surface area (Å²) in [5, 5.41) is 123. The highest BCUT2D eigenvalue weighted by Crippen LogP contribution is 2.54. The number of carbonyl (C=O) groups is 1. The van der Waals surface area contributed by atoms with E-state index in [0.29, 0.717) is 5.56 Å². The molecule has 0 radical (unpaired) electrons. The molecule has 17 nitrogen and oxygen atoms in total. The van der Waals surface area contributed by atoms with E-state index >= 15 is 0 Å². The number of rotatable bonds is 10. The van der Waals surface area contributed by atoms with E-state index in [-0.39, 0.29) is 18.6 Å². The molecule has 2 aromatic rings. The molecule has 0 bridgehead atoms. The first kappa shape index (κ1) is 33.4. The van der Waals surface area contributed by atoms with Crippen molar-refractivity contribution >= 4 is 5.78 Å². The molecule has 0 unspecified atom stereocenters. The SMILES string of the molecule is O=C(CCc1ccc(O)cc1)c1c(O)c(O[C@@H]2O[C@H](CO)[C@@H](O)[C@H](O)[C@H]2O)c(O)c(O[C@@H]2O[C@H](CO)[C@@H](O)[C@H](O)[C@H]2O)c1O. The second kappa shape index (κ2) is 13.7. The molecule has 12 N–H and O–H groups in total. The van der Waals surface area contributed by atoms with Crippen LogP contribution in [-0.4, -0.2) is 142 Å². The number of aromatic hydroxyl groups is 4. The second-order valence-corrected chi connectivity index (χ2v) is 10.3. The molecule has 2 aromatic carbocycles. The Labute approximate surface area is 248 Å². The Bertz CT molecular complexity index is 1230. The standard InChI is InChI=1S/C27H34O17/c28-7-12-15(32)19(36)21(38)26(41-12)43-24-17(34)14(11(31)6-3-9-1-4-10(30)5-2-9)18(35)25(23(24)40)44-27-22(39)20(37)16(33)13(8-29)42-27/h1-2,4-5,12-13,15-16,19-22,26-30,32-40H,3,6-8H2/t12-,13-,15-,16-,19+,20+,21-,22-,26+,27+/m1/s1. The van der Waals surface area contributed by atoms with Gasteiger partial charge in [-0.25, -0.2) is 0 Å². The quantitative estimate of drug-likeness (QED) is 0.114. The van der Waals surface area contributed by atoms with E-state index in [9.17, 15) is 66.1 Å². The van der Waals surface area contributed by atoms with E-state index in [0.717, 1.165) is 0 Å². The summed E-state index contributed by atoms with van der Waals surface area (Å²) in [4.78, 5) is 13.3. The number of aliphatic hydroxyl groups excluding tert-OH is 8. The molecular weight excluding hydrogens is 596 g/mol. The summed E-state index contributed by atoms with van der Waals surface area (Å²) in [6, 6.07) is 5.77. The summed E-state index contributed by atoms with van der Waals surface area (Å²) in [5.74, 6) is -6.73. The van der Waals surface area contributed by atoms with E-state index in [1.807, 2.05) is 0 Å². The number of Topliss-reactive ketones (excluding diaryl/α,β-unsaturated/α-hetero) is 1. The molecule has 0 spiro atoms. The lowest BCUT2D eigenvalue weighted by Crippen LogP contribution is -2.60. The number of aryl methyl sites for hydroxylation is 1. The maximum atomic E-state index is 13.3. The Balaban J connectivity index is 1.74. The highest BCUT2D eigenvalue weighted by Gasteiger charge is 2.48. The number of phenolic OH excluding ortho intramolecular Hbond substituents is 4. The van der Waals surface area contributed by atoms with Crippen molar-refractivity contribution in [1.29, 1.82) is 0 Å². The Morgan fingerprint density at radius 2 is 1.07 bits per heavy atom. The zero-order valence-electron chi connectivity index (χ0n) is 22.8. The van der Waals surface area contributed by atoms with Gasteiger partial charge < -0.3 is 80.2 Å². The first-order valence-corrected chi connectivity index (χ1v) is 13.4. The fourth-order valence-electron chi connectivity index (χ4n) is 4.76. The minimum atomic E-state index is -2.04. The molecule has 0 aliphatic carbocycles. The highest BCUT2D eigenvalue weighted by atomic mass is 16.7. The van der Waals surface area contributed by atoms with E-state index < -0.39 is 115 Å². The molecule has 2 heterocycles. The number of carbonyl (C=O) groups excluding carboxylic acids is 1. The predicted octanol–water partition coefficient (Wildman–Crippen LogP) is -3.32. The molecule has 2 saturated heterocycles. The summed E-state index contributed by atoms with van der Waals surface area (Å²) in [6.45, 7) is -1.71. The van der Waals surface area contributed by atoms with Gasteiger partial charge in [-0.3, -0.25) is 4.79 Å². The number of ketones is 1. The first-order valence-electron chi connectivity index (χ1n) is 13.4. The minimum Gasteiger partial charge on any atom is -0.508 e. The molecule has 0 saturated carbocycles. The average Bonchev–Trinajstić information content (AvgIpc) is 3.00. The topological polar surface area (TPSA) is 297 Å². The van der Waals surface area contributed by atoms with Crippen molar-refractivity contribution in [1.82, 2.24) is 0 Å². The van der Waals surface area contributed by atoms with E-state index in [2.05, 4.69) is 0 Å². The Morgan fingerprint density at radius 1 is 0.636 bits per heavy atom. The van der Waals surface area contributed by atoms with E-state index in [1.165, 1.54) is 24.3 Å². The Kier molecular flexibility index (Phi) is 10.4. The Hall–Kier alpha value is -3.49. The number of phenols is 4. The van der Waals surface area contributed by atoms with Gasteiger partial charge in [0.15, 0.2) is 17.3 Å². The summed E-state index contributed by atoms with van der Waals surface area (Å²) in [6.07, 6.45) is -18.8. The normalized spacial score (nSPS) is 32.3. The van der Waals surface area contributed by atoms with Crippen LogP contribution in [0.2, 0.25) is 0 Å². The smallest absolute Gasteiger partial charge is 0.229 e. The van der Waals surface area contributed by atoms with Crippen molar-refractivity contribution < 1.29 is 85.0 Å². The van der Waals surface area contributed by atoms with Crippen molar-refractivity contribution in [3.63, 3.8) is 0 Å². The second-order valence-electron chi connectivity index (χ2n) is 10.3. The van der Waals surface area contributed by atoms with Crippen LogP contribution in [0.25, 0.3) is 0 Å². The van der Waals surface area contributed by atoms with E-state index in [4.69, 9.17) is 18.9 Å². The molecule has 4 rings (SSSR count). The average molecular weight is 631 g/mol. The number of ether oxygens (including phenoxy) is 4. The van der Waals surface area contributed by atoms with Crippen molar-refractivity contribution in [2.45, 2.75) is 74.3 Å². The van der Waals surface area contributed by atoms with Gasteiger partial charge in [0.25, 0.3) is 0 Å². The van der Waals surface area contributed by atoms with Crippen LogP contribution in [0, 0.1) is 0 Å². The lowest BCUT2D eigenvalue weighted by Gasteiger charge is -2.40. The van der Waals surface area contributed by atoms with Crippen molar-refractivity contribution in [2.75, 3.05) is 13.2 Å². The van der Waals surface area contributed by atoms with Gasteiger partial charge in [0.1, 0.15) is 60.1 Å². The largest absolute Gasteiger partial charge is 0.508 e. The molecule has 244 valence electrons. The van der Waals surface area contributed by atoms with Crippen LogP contribution >= 0.6 is 0 Å². The first-order chi connectivity index (χ1) is 20.8. The summed E-state index contributed by atoms with van der Waals surface area (Å²) >= 11 is 0. The predicted molar refractivity (Wildman–Crippen MR) is 141 cm³/mol. The van der Waals surface area contributed by atoms with Gasteiger partial charge in [-0.1, -0.05) is 12.1 Å². The van der Waals surface area contributed by atoms with Gasteiger partial charge in [0, 0.05) is 6.42 Å². The molecule has 0 amide bonds. The molecule has 2 aliphatic heterocycles. The van der Waals surface area contributed by atoms with Gasteiger partial charge in [0.2, 0.25) is 29.8 Å². The van der Waals surface area contributed by atoms with Gasteiger partial charge in [0.05, 0.1) is 13.2 Å². The van der Waals surface area contributed by atoms with Crippen molar-refractivity contribution in [2.24, 2.45) is 0 Å². The molecule has 2 fully saturated rings.